The van der Waals surface area contributed by atoms with Gasteiger partial charge in [-0.25, -0.2) is 0 Å². The van der Waals surface area contributed by atoms with Gasteiger partial charge in [-0.1, -0.05) is 23.7 Å². The number of hydrogen-bond donors (Lipinski definition) is 1. The zero-order chi connectivity index (χ0) is 12.6. The second-order valence-electron chi connectivity index (χ2n) is 4.60. The van der Waals surface area contributed by atoms with E-state index in [1.54, 1.807) is 4.90 Å². The fourth-order valence-corrected chi connectivity index (χ4v) is 2.41. The highest BCUT2D eigenvalue weighted by molar-refractivity contribution is 6.32. The standard InChI is InChI=1S/C14H20ClNO2/c15-13-5-1-2-6-14(13)18-12-11-17-10-9-16-7-3-4-8-16/h1-2,5-6H,3-4,7-12H2/p+1. The molecule has 1 aromatic rings. The van der Waals surface area contributed by atoms with Gasteiger partial charge in [0.2, 0.25) is 0 Å². The van der Waals surface area contributed by atoms with Crippen LogP contribution in [0, 0.1) is 0 Å². The van der Waals surface area contributed by atoms with Crippen LogP contribution in [0.4, 0.5) is 0 Å². The van der Waals surface area contributed by atoms with E-state index in [0.29, 0.717) is 18.2 Å². The van der Waals surface area contributed by atoms with Gasteiger partial charge in [0.25, 0.3) is 0 Å². The van der Waals surface area contributed by atoms with Gasteiger partial charge in [-0.2, -0.15) is 0 Å². The van der Waals surface area contributed by atoms with Gasteiger partial charge >= 0.3 is 0 Å². The van der Waals surface area contributed by atoms with Crippen LogP contribution in [0.5, 0.6) is 5.75 Å². The van der Waals surface area contributed by atoms with E-state index >= 15 is 0 Å². The molecule has 1 aliphatic heterocycles. The number of benzene rings is 1. The minimum Gasteiger partial charge on any atom is -0.490 e. The monoisotopic (exact) mass is 270 g/mol. The van der Waals surface area contributed by atoms with E-state index in [2.05, 4.69) is 0 Å². The van der Waals surface area contributed by atoms with Crippen molar-refractivity contribution >= 4 is 11.6 Å². The predicted octanol–water partition coefficient (Wildman–Crippen LogP) is 1.41. The molecule has 0 radical (unpaired) electrons. The maximum atomic E-state index is 5.98. The quantitative estimate of drug-likeness (QED) is 0.758. The number of para-hydroxylation sites is 1. The highest BCUT2D eigenvalue weighted by Gasteiger charge is 2.14. The Morgan fingerprint density at radius 3 is 2.61 bits per heavy atom. The molecule has 1 N–H and O–H groups in total. The van der Waals surface area contributed by atoms with Gasteiger partial charge in [0.15, 0.2) is 0 Å². The van der Waals surface area contributed by atoms with E-state index in [-0.39, 0.29) is 0 Å². The number of likely N-dealkylation sites (tertiary alicyclic amines) is 1. The molecule has 0 atom stereocenters. The molecular weight excluding hydrogens is 250 g/mol. The molecule has 1 aliphatic rings. The maximum Gasteiger partial charge on any atom is 0.138 e. The molecule has 1 heterocycles. The molecular formula is C14H21ClNO2+. The third-order valence-electron chi connectivity index (χ3n) is 3.23. The summed E-state index contributed by atoms with van der Waals surface area (Å²) in [7, 11) is 0. The molecule has 1 aromatic carbocycles. The zero-order valence-corrected chi connectivity index (χ0v) is 11.4. The van der Waals surface area contributed by atoms with Crippen LogP contribution in [-0.4, -0.2) is 39.5 Å². The Balaban J connectivity index is 1.52. The second-order valence-corrected chi connectivity index (χ2v) is 5.01. The first-order valence-corrected chi connectivity index (χ1v) is 7.03. The van der Waals surface area contributed by atoms with E-state index in [9.17, 15) is 0 Å². The lowest BCUT2D eigenvalue weighted by molar-refractivity contribution is -0.887. The first kappa shape index (κ1) is 13.7. The topological polar surface area (TPSA) is 22.9 Å². The molecule has 4 heteroatoms. The lowest BCUT2D eigenvalue weighted by Gasteiger charge is -2.12. The number of ether oxygens (including phenoxy) is 2. The average molecular weight is 271 g/mol. The molecule has 1 saturated heterocycles. The molecule has 0 unspecified atom stereocenters. The summed E-state index contributed by atoms with van der Waals surface area (Å²) in [6.07, 6.45) is 2.73. The Bertz CT molecular complexity index is 353. The van der Waals surface area contributed by atoms with Crippen LogP contribution >= 0.6 is 11.6 Å². The van der Waals surface area contributed by atoms with Crippen molar-refractivity contribution in [3.05, 3.63) is 29.3 Å². The van der Waals surface area contributed by atoms with Gasteiger partial charge < -0.3 is 14.4 Å². The normalized spacial score (nSPS) is 16.1. The van der Waals surface area contributed by atoms with Gasteiger partial charge in [-0.15, -0.1) is 0 Å². The minimum absolute atomic E-state index is 0.555. The SMILES string of the molecule is Clc1ccccc1OCCOCC[NH+]1CCCC1. The largest absolute Gasteiger partial charge is 0.490 e. The van der Waals surface area contributed by atoms with Crippen molar-refractivity contribution in [1.29, 1.82) is 0 Å². The second kappa shape index (κ2) is 7.62. The summed E-state index contributed by atoms with van der Waals surface area (Å²) in [5, 5.41) is 0.652. The Kier molecular flexibility index (Phi) is 5.78. The van der Waals surface area contributed by atoms with Crippen LogP contribution in [-0.2, 0) is 4.74 Å². The summed E-state index contributed by atoms with van der Waals surface area (Å²) in [5.74, 6) is 0.730. The minimum atomic E-state index is 0.555. The molecule has 2 rings (SSSR count). The van der Waals surface area contributed by atoms with Crippen LogP contribution in [0.1, 0.15) is 12.8 Å². The molecule has 0 aliphatic carbocycles. The summed E-state index contributed by atoms with van der Waals surface area (Å²) in [6.45, 7) is 5.73. The Morgan fingerprint density at radius 1 is 1.06 bits per heavy atom. The molecule has 100 valence electrons. The van der Waals surface area contributed by atoms with Gasteiger partial charge in [0.1, 0.15) is 18.9 Å². The van der Waals surface area contributed by atoms with Crippen LogP contribution in [0.25, 0.3) is 0 Å². The third-order valence-corrected chi connectivity index (χ3v) is 3.54. The Labute approximate surface area is 114 Å². The summed E-state index contributed by atoms with van der Waals surface area (Å²) in [4.78, 5) is 1.67. The summed E-state index contributed by atoms with van der Waals surface area (Å²) in [5.41, 5.74) is 0. The van der Waals surface area contributed by atoms with Crippen molar-refractivity contribution in [2.75, 3.05) is 39.5 Å². The highest BCUT2D eigenvalue weighted by atomic mass is 35.5. The van der Waals surface area contributed by atoms with Gasteiger partial charge in [-0.05, 0) is 12.1 Å². The van der Waals surface area contributed by atoms with Crippen LogP contribution in [0.3, 0.4) is 0 Å². The molecule has 0 bridgehead atoms. The van der Waals surface area contributed by atoms with E-state index in [0.717, 1.165) is 18.9 Å². The fourth-order valence-electron chi connectivity index (χ4n) is 2.22. The predicted molar refractivity (Wildman–Crippen MR) is 72.6 cm³/mol. The molecule has 0 aromatic heterocycles. The Hall–Kier alpha value is -0.770. The number of nitrogens with one attached hydrogen (secondary N) is 1. The lowest BCUT2D eigenvalue weighted by atomic mass is 10.3. The lowest BCUT2D eigenvalue weighted by Crippen LogP contribution is -3.10. The van der Waals surface area contributed by atoms with Crippen molar-refractivity contribution in [3.63, 3.8) is 0 Å². The molecule has 1 fully saturated rings. The van der Waals surface area contributed by atoms with Gasteiger partial charge in [0.05, 0.1) is 31.3 Å². The molecule has 0 spiro atoms. The van der Waals surface area contributed by atoms with Gasteiger partial charge in [0, 0.05) is 12.8 Å². The van der Waals surface area contributed by atoms with Crippen molar-refractivity contribution in [3.8, 4) is 5.75 Å². The number of quaternary nitrogens is 1. The van der Waals surface area contributed by atoms with Crippen molar-refractivity contribution in [1.82, 2.24) is 0 Å². The molecule has 3 nitrogen and oxygen atoms in total. The van der Waals surface area contributed by atoms with Crippen LogP contribution in [0.15, 0.2) is 24.3 Å². The Morgan fingerprint density at radius 2 is 1.83 bits per heavy atom. The van der Waals surface area contributed by atoms with Crippen molar-refractivity contribution < 1.29 is 14.4 Å². The maximum absolute atomic E-state index is 5.98. The molecule has 0 saturated carbocycles. The third kappa shape index (κ3) is 4.48. The van der Waals surface area contributed by atoms with Crippen LogP contribution in [0.2, 0.25) is 5.02 Å². The van der Waals surface area contributed by atoms with Gasteiger partial charge in [-0.3, -0.25) is 0 Å². The number of rotatable bonds is 7. The summed E-state index contributed by atoms with van der Waals surface area (Å²) < 4.78 is 11.1. The van der Waals surface area contributed by atoms with E-state index in [1.165, 1.54) is 25.9 Å². The number of hydrogen-bond acceptors (Lipinski definition) is 2. The van der Waals surface area contributed by atoms with E-state index in [1.807, 2.05) is 24.3 Å². The average Bonchev–Trinajstić information content (AvgIpc) is 2.89. The van der Waals surface area contributed by atoms with Crippen LogP contribution < -0.4 is 9.64 Å². The number of halogens is 1. The summed E-state index contributed by atoms with van der Waals surface area (Å²) >= 11 is 5.98. The zero-order valence-electron chi connectivity index (χ0n) is 10.7. The molecule has 0 amide bonds. The first-order valence-electron chi connectivity index (χ1n) is 6.65. The van der Waals surface area contributed by atoms with E-state index < -0.39 is 0 Å². The first-order chi connectivity index (χ1) is 8.86. The van der Waals surface area contributed by atoms with Crippen molar-refractivity contribution in [2.45, 2.75) is 12.8 Å². The highest BCUT2D eigenvalue weighted by Crippen LogP contribution is 2.22. The fraction of sp³-hybridized carbons (Fsp3) is 0.571. The van der Waals surface area contributed by atoms with Crippen molar-refractivity contribution in [2.24, 2.45) is 0 Å². The summed E-state index contributed by atoms with van der Waals surface area (Å²) in [6, 6.07) is 7.51. The van der Waals surface area contributed by atoms with E-state index in [4.69, 9.17) is 21.1 Å². The smallest absolute Gasteiger partial charge is 0.138 e. The molecule has 18 heavy (non-hydrogen) atoms.